The summed E-state index contributed by atoms with van der Waals surface area (Å²) < 4.78 is 45.2. The lowest BCUT2D eigenvalue weighted by Crippen LogP contribution is -2.55. The molecular formula is C26H33N3O9S. The first-order valence-electron chi connectivity index (χ1n) is 12.7. The van der Waals surface area contributed by atoms with E-state index in [1.165, 1.54) is 21.3 Å². The Morgan fingerprint density at radius 3 is 2.44 bits per heavy atom. The average molecular weight is 564 g/mol. The molecule has 6 atom stereocenters. The molecule has 5 rings (SSSR count). The second kappa shape index (κ2) is 10.6. The van der Waals surface area contributed by atoms with E-state index >= 15 is 0 Å². The van der Waals surface area contributed by atoms with Gasteiger partial charge < -0.3 is 39.3 Å². The van der Waals surface area contributed by atoms with Gasteiger partial charge in [-0.15, -0.1) is 0 Å². The zero-order chi connectivity index (χ0) is 28.1. The molecule has 2 saturated heterocycles. The minimum atomic E-state index is -3.92. The van der Waals surface area contributed by atoms with Gasteiger partial charge in [0.05, 0.1) is 36.0 Å². The summed E-state index contributed by atoms with van der Waals surface area (Å²) in [5.74, 6) is 0.255. The number of aliphatic hydroxyl groups is 3. The van der Waals surface area contributed by atoms with Crippen molar-refractivity contribution in [3.8, 4) is 5.75 Å². The van der Waals surface area contributed by atoms with Crippen LogP contribution in [0.5, 0.6) is 5.75 Å². The van der Waals surface area contributed by atoms with Gasteiger partial charge in [0.2, 0.25) is 0 Å². The molecule has 0 radical (unpaired) electrons. The zero-order valence-corrected chi connectivity index (χ0v) is 22.7. The van der Waals surface area contributed by atoms with Crippen molar-refractivity contribution < 1.29 is 42.7 Å². The van der Waals surface area contributed by atoms with Gasteiger partial charge in [-0.25, -0.2) is 8.42 Å². The molecule has 3 aliphatic heterocycles. The second-order valence-electron chi connectivity index (χ2n) is 10.0. The summed E-state index contributed by atoms with van der Waals surface area (Å²) in [5, 5.41) is 29.6. The zero-order valence-electron chi connectivity index (χ0n) is 21.9. The highest BCUT2D eigenvalue weighted by Gasteiger charge is 2.43. The number of rotatable bonds is 6. The highest BCUT2D eigenvalue weighted by atomic mass is 32.2. The first kappa shape index (κ1) is 27.6. The first-order chi connectivity index (χ1) is 18.5. The topological polar surface area (TPSA) is 149 Å². The van der Waals surface area contributed by atoms with Crippen LogP contribution in [0.4, 0.5) is 17.1 Å². The summed E-state index contributed by atoms with van der Waals surface area (Å²) in [6.07, 6.45) is -6.04. The number of likely N-dealkylation sites (N-methyl/N-ethyl adjacent to an activating group) is 1. The van der Waals surface area contributed by atoms with Crippen molar-refractivity contribution in [3.05, 3.63) is 42.5 Å². The monoisotopic (exact) mass is 563 g/mol. The summed E-state index contributed by atoms with van der Waals surface area (Å²) in [4.78, 5) is 16.6. The third-order valence-corrected chi connectivity index (χ3v) is 9.33. The molecule has 39 heavy (non-hydrogen) atoms. The molecule has 2 fully saturated rings. The van der Waals surface area contributed by atoms with E-state index in [1.807, 2.05) is 24.9 Å². The molecule has 2 aromatic rings. The highest BCUT2D eigenvalue weighted by Crippen LogP contribution is 2.40. The smallest absolute Gasteiger partial charge is 0.264 e. The second-order valence-corrected chi connectivity index (χ2v) is 11.8. The lowest BCUT2D eigenvalue weighted by Gasteiger charge is -2.41. The van der Waals surface area contributed by atoms with Gasteiger partial charge in [0.1, 0.15) is 30.2 Å². The third-order valence-electron chi connectivity index (χ3n) is 7.38. The summed E-state index contributed by atoms with van der Waals surface area (Å²) in [5.41, 5.74) is 1.80. The predicted molar refractivity (Wildman–Crippen MR) is 141 cm³/mol. The maximum Gasteiger partial charge on any atom is 0.264 e. The molecule has 2 unspecified atom stereocenters. The lowest BCUT2D eigenvalue weighted by molar-refractivity contribution is -0.278. The van der Waals surface area contributed by atoms with Crippen molar-refractivity contribution in [1.29, 1.82) is 0 Å². The number of fused-ring (bicyclic) bond motifs is 1. The van der Waals surface area contributed by atoms with Crippen molar-refractivity contribution in [1.82, 2.24) is 0 Å². The summed E-state index contributed by atoms with van der Waals surface area (Å²) in [7, 11) is -0.450. The van der Waals surface area contributed by atoms with Crippen LogP contribution in [0.15, 0.2) is 47.4 Å². The van der Waals surface area contributed by atoms with Crippen LogP contribution in [0.1, 0.15) is 13.3 Å². The van der Waals surface area contributed by atoms with Gasteiger partial charge in [-0.2, -0.15) is 0 Å². The Bertz CT molecular complexity index is 1320. The van der Waals surface area contributed by atoms with E-state index in [9.17, 15) is 28.5 Å². The van der Waals surface area contributed by atoms with Crippen LogP contribution in [-0.2, 0) is 24.3 Å². The molecule has 3 aliphatic rings. The quantitative estimate of drug-likeness (QED) is 0.448. The standard InChI is InChI=1S/C26H33N3O9S/c1-15-13-27(2)20-12-17(36-3)6-9-19(20)29(15)39(34,35)18-7-4-16(5-8-18)28-11-10-22(25(28)33)38-26-24(32)23(31)21(30)14-37-26/h4-9,12,15,21-24,26,30-32H,10-11,13-14H2,1-3H3/t15?,21-,22?,23+,24-,26-/m1/s1. The fourth-order valence-corrected chi connectivity index (χ4v) is 6.96. The maximum atomic E-state index is 13.8. The first-order valence-corrected chi connectivity index (χ1v) is 14.1. The number of carbonyl (C=O) groups is 1. The van der Waals surface area contributed by atoms with Crippen molar-refractivity contribution >= 4 is 33.0 Å². The molecule has 0 bridgehead atoms. The fourth-order valence-electron chi connectivity index (χ4n) is 5.30. The predicted octanol–water partition coefficient (Wildman–Crippen LogP) is 0.290. The van der Waals surface area contributed by atoms with Crippen LogP contribution < -0.4 is 18.8 Å². The molecule has 2 aromatic carbocycles. The molecule has 12 nitrogen and oxygen atoms in total. The van der Waals surface area contributed by atoms with E-state index in [4.69, 9.17) is 14.2 Å². The Morgan fingerprint density at radius 1 is 1.03 bits per heavy atom. The number of anilines is 3. The Labute approximate surface area is 227 Å². The van der Waals surface area contributed by atoms with Crippen LogP contribution in [0, 0.1) is 0 Å². The minimum Gasteiger partial charge on any atom is -0.497 e. The molecule has 0 aliphatic carbocycles. The van der Waals surface area contributed by atoms with Crippen molar-refractivity contribution in [2.75, 3.05) is 48.0 Å². The van der Waals surface area contributed by atoms with Crippen LogP contribution in [0.25, 0.3) is 0 Å². The number of aliphatic hydroxyl groups excluding tert-OH is 3. The number of methoxy groups -OCH3 is 1. The molecule has 1 amide bonds. The van der Waals surface area contributed by atoms with E-state index < -0.39 is 40.7 Å². The van der Waals surface area contributed by atoms with E-state index in [-0.39, 0.29) is 23.5 Å². The Balaban J connectivity index is 1.33. The number of sulfonamides is 1. The average Bonchev–Trinajstić information content (AvgIpc) is 3.28. The maximum absolute atomic E-state index is 13.8. The summed E-state index contributed by atoms with van der Waals surface area (Å²) >= 11 is 0. The largest absolute Gasteiger partial charge is 0.497 e. The van der Waals surface area contributed by atoms with E-state index in [0.717, 1.165) is 5.69 Å². The van der Waals surface area contributed by atoms with Gasteiger partial charge >= 0.3 is 0 Å². The lowest BCUT2D eigenvalue weighted by atomic mass is 10.1. The molecule has 0 aromatic heterocycles. The number of carbonyl (C=O) groups excluding carboxylic acids is 1. The number of hydrogen-bond donors (Lipinski definition) is 3. The number of ether oxygens (including phenoxy) is 3. The Morgan fingerprint density at radius 2 is 1.74 bits per heavy atom. The summed E-state index contributed by atoms with van der Waals surface area (Å²) in [6, 6.07) is 11.1. The van der Waals surface area contributed by atoms with Gasteiger partial charge in [-0.05, 0) is 43.3 Å². The Kier molecular flexibility index (Phi) is 7.48. The van der Waals surface area contributed by atoms with Crippen LogP contribution >= 0.6 is 0 Å². The van der Waals surface area contributed by atoms with E-state index in [1.54, 1.807) is 31.4 Å². The van der Waals surface area contributed by atoms with E-state index in [2.05, 4.69) is 0 Å². The molecular weight excluding hydrogens is 530 g/mol. The molecule has 212 valence electrons. The van der Waals surface area contributed by atoms with Gasteiger partial charge in [0.25, 0.3) is 15.9 Å². The van der Waals surface area contributed by atoms with Crippen LogP contribution in [-0.4, -0.2) is 100 Å². The molecule has 0 saturated carbocycles. The van der Waals surface area contributed by atoms with E-state index in [0.29, 0.717) is 36.6 Å². The summed E-state index contributed by atoms with van der Waals surface area (Å²) in [6.45, 7) is 2.43. The minimum absolute atomic E-state index is 0.0927. The van der Waals surface area contributed by atoms with Gasteiger partial charge in [0.15, 0.2) is 6.29 Å². The normalized spacial score (nSPS) is 29.5. The Hall–Kier alpha value is -2.94. The number of nitrogens with zero attached hydrogens (tertiary/aromatic N) is 3. The molecule has 3 heterocycles. The highest BCUT2D eigenvalue weighted by molar-refractivity contribution is 7.92. The van der Waals surface area contributed by atoms with Gasteiger partial charge in [-0.1, -0.05) is 0 Å². The van der Waals surface area contributed by atoms with Crippen molar-refractivity contribution in [2.24, 2.45) is 0 Å². The van der Waals surface area contributed by atoms with Gasteiger partial charge in [-0.3, -0.25) is 9.10 Å². The third kappa shape index (κ3) is 4.94. The number of amides is 1. The van der Waals surface area contributed by atoms with Gasteiger partial charge in [0, 0.05) is 38.3 Å². The van der Waals surface area contributed by atoms with Crippen LogP contribution in [0.2, 0.25) is 0 Å². The molecule has 3 N–H and O–H groups in total. The number of benzene rings is 2. The SMILES string of the molecule is COc1ccc2c(c1)N(C)CC(C)N2S(=O)(=O)c1ccc(N2CCC(O[C@H]3OC[C@@H](O)[C@H](O)[C@H]3O)C2=O)cc1. The molecule has 0 spiro atoms. The number of hydrogen-bond acceptors (Lipinski definition) is 10. The van der Waals surface area contributed by atoms with Crippen LogP contribution in [0.3, 0.4) is 0 Å². The molecule has 13 heteroatoms. The fraction of sp³-hybridized carbons (Fsp3) is 0.500. The van der Waals surface area contributed by atoms with Crippen molar-refractivity contribution in [2.45, 2.75) is 55.0 Å². The van der Waals surface area contributed by atoms with Crippen molar-refractivity contribution in [3.63, 3.8) is 0 Å².